The van der Waals surface area contributed by atoms with E-state index in [9.17, 15) is 8.42 Å². The largest absolute Gasteiger partial charge is 0.490 e. The number of hydrogen-bond donors (Lipinski definition) is 0. The molecule has 5 heteroatoms. The molecule has 0 atom stereocenters. The second-order valence-electron chi connectivity index (χ2n) is 3.21. The van der Waals surface area contributed by atoms with Crippen LogP contribution in [0, 0.1) is 0 Å². The third-order valence-corrected chi connectivity index (χ3v) is 2.28. The molecule has 0 aliphatic heterocycles. The van der Waals surface area contributed by atoms with E-state index >= 15 is 0 Å². The van der Waals surface area contributed by atoms with Crippen LogP contribution in [0.1, 0.15) is 5.56 Å². The Hall–Kier alpha value is -1.33. The van der Waals surface area contributed by atoms with Gasteiger partial charge in [-0.2, -0.15) is 8.42 Å². The van der Waals surface area contributed by atoms with Crippen molar-refractivity contribution >= 4 is 10.1 Å². The van der Waals surface area contributed by atoms with E-state index in [0.29, 0.717) is 12.4 Å². The van der Waals surface area contributed by atoms with Crippen molar-refractivity contribution in [2.45, 2.75) is 6.61 Å². The first-order chi connectivity index (χ1) is 7.51. The van der Waals surface area contributed by atoms with Crippen LogP contribution < -0.4 is 4.74 Å². The van der Waals surface area contributed by atoms with E-state index in [0.717, 1.165) is 11.8 Å². The average Bonchev–Trinajstić information content (AvgIpc) is 2.24. The van der Waals surface area contributed by atoms with Crippen LogP contribution in [0.5, 0.6) is 5.75 Å². The normalized spacial score (nSPS) is 11.1. The Bertz CT molecular complexity index is 434. The molecule has 0 spiro atoms. The van der Waals surface area contributed by atoms with Crippen molar-refractivity contribution in [1.29, 1.82) is 0 Å². The summed E-state index contributed by atoms with van der Waals surface area (Å²) in [6, 6.07) is 7.02. The van der Waals surface area contributed by atoms with Gasteiger partial charge in [0.05, 0.1) is 12.9 Å². The van der Waals surface area contributed by atoms with Gasteiger partial charge in [0, 0.05) is 0 Å². The molecule has 88 valence electrons. The molecule has 0 amide bonds. The first-order valence-corrected chi connectivity index (χ1v) is 6.50. The fraction of sp³-hybridized carbons (Fsp3) is 0.273. The summed E-state index contributed by atoms with van der Waals surface area (Å²) in [7, 11) is -3.39. The Morgan fingerprint density at radius 3 is 2.44 bits per heavy atom. The number of hydrogen-bond acceptors (Lipinski definition) is 4. The highest BCUT2D eigenvalue weighted by molar-refractivity contribution is 7.85. The molecule has 0 saturated carbocycles. The topological polar surface area (TPSA) is 52.6 Å². The molecule has 0 N–H and O–H groups in total. The predicted octanol–water partition coefficient (Wildman–Crippen LogP) is 1.73. The van der Waals surface area contributed by atoms with Gasteiger partial charge in [0.25, 0.3) is 10.1 Å². The van der Waals surface area contributed by atoms with Crippen LogP contribution >= 0.6 is 0 Å². The van der Waals surface area contributed by atoms with Crippen LogP contribution in [0.15, 0.2) is 36.9 Å². The van der Waals surface area contributed by atoms with Crippen LogP contribution in [0.3, 0.4) is 0 Å². The quantitative estimate of drug-likeness (QED) is 0.563. The minimum Gasteiger partial charge on any atom is -0.490 e. The van der Waals surface area contributed by atoms with Crippen LogP contribution in [0.25, 0.3) is 0 Å². The van der Waals surface area contributed by atoms with Crippen molar-refractivity contribution in [3.05, 3.63) is 42.5 Å². The highest BCUT2D eigenvalue weighted by Gasteiger charge is 2.02. The molecule has 0 unspecified atom stereocenters. The van der Waals surface area contributed by atoms with Gasteiger partial charge in [0.15, 0.2) is 0 Å². The Balaban J connectivity index is 2.54. The molecular formula is C11H14O4S. The van der Waals surface area contributed by atoms with E-state index in [4.69, 9.17) is 4.74 Å². The third-order valence-electron chi connectivity index (χ3n) is 1.73. The zero-order chi connectivity index (χ0) is 12.0. The van der Waals surface area contributed by atoms with Gasteiger partial charge in [0.1, 0.15) is 12.4 Å². The Labute approximate surface area is 95.6 Å². The molecule has 16 heavy (non-hydrogen) atoms. The molecule has 0 aromatic heterocycles. The molecule has 0 radical (unpaired) electrons. The van der Waals surface area contributed by atoms with Crippen molar-refractivity contribution in [2.75, 3.05) is 12.9 Å². The van der Waals surface area contributed by atoms with Crippen molar-refractivity contribution in [3.8, 4) is 5.75 Å². The number of rotatable bonds is 6. The lowest BCUT2D eigenvalue weighted by Gasteiger charge is -2.05. The van der Waals surface area contributed by atoms with E-state index in [1.807, 2.05) is 0 Å². The van der Waals surface area contributed by atoms with Gasteiger partial charge in [0.2, 0.25) is 0 Å². The maximum atomic E-state index is 10.8. The van der Waals surface area contributed by atoms with E-state index in [2.05, 4.69) is 10.8 Å². The molecule has 0 saturated heterocycles. The third kappa shape index (κ3) is 4.95. The van der Waals surface area contributed by atoms with E-state index in [-0.39, 0.29) is 6.61 Å². The number of benzene rings is 1. The molecular weight excluding hydrogens is 228 g/mol. The Kier molecular flexibility index (Phi) is 4.52. The summed E-state index contributed by atoms with van der Waals surface area (Å²) in [6.07, 6.45) is 2.68. The first kappa shape index (κ1) is 12.7. The highest BCUT2D eigenvalue weighted by atomic mass is 32.2. The Morgan fingerprint density at radius 2 is 1.94 bits per heavy atom. The molecule has 0 fully saturated rings. The summed E-state index contributed by atoms with van der Waals surface area (Å²) in [5.41, 5.74) is 0.774. The minimum absolute atomic E-state index is 0.0422. The van der Waals surface area contributed by atoms with Gasteiger partial charge < -0.3 is 4.74 Å². The van der Waals surface area contributed by atoms with Gasteiger partial charge in [-0.1, -0.05) is 24.8 Å². The van der Waals surface area contributed by atoms with Gasteiger partial charge in [-0.05, 0) is 17.7 Å². The molecule has 4 nitrogen and oxygen atoms in total. The fourth-order valence-corrected chi connectivity index (χ4v) is 1.36. The average molecular weight is 242 g/mol. The summed E-state index contributed by atoms with van der Waals surface area (Å²) in [6.45, 7) is 4.02. The zero-order valence-corrected chi connectivity index (χ0v) is 9.87. The van der Waals surface area contributed by atoms with Gasteiger partial charge in [-0.25, -0.2) is 0 Å². The molecule has 1 rings (SSSR count). The van der Waals surface area contributed by atoms with E-state index in [1.165, 1.54) is 0 Å². The van der Waals surface area contributed by atoms with Gasteiger partial charge in [-0.15, -0.1) is 0 Å². The monoisotopic (exact) mass is 242 g/mol. The van der Waals surface area contributed by atoms with Crippen LogP contribution in [-0.4, -0.2) is 21.3 Å². The summed E-state index contributed by atoms with van der Waals surface area (Å²) in [5.74, 6) is 0.711. The Morgan fingerprint density at radius 1 is 1.31 bits per heavy atom. The molecule has 0 aliphatic rings. The lowest BCUT2D eigenvalue weighted by atomic mass is 10.2. The van der Waals surface area contributed by atoms with Crippen LogP contribution in [-0.2, 0) is 20.9 Å². The van der Waals surface area contributed by atoms with E-state index in [1.54, 1.807) is 30.3 Å². The molecule has 1 aromatic rings. The first-order valence-electron chi connectivity index (χ1n) is 4.68. The molecule has 0 heterocycles. The van der Waals surface area contributed by atoms with E-state index < -0.39 is 10.1 Å². The fourth-order valence-electron chi connectivity index (χ4n) is 1.01. The summed E-state index contributed by atoms with van der Waals surface area (Å²) in [5, 5.41) is 0. The van der Waals surface area contributed by atoms with Crippen LogP contribution in [0.4, 0.5) is 0 Å². The molecule has 1 aromatic carbocycles. The smallest absolute Gasteiger partial charge is 0.264 e. The van der Waals surface area contributed by atoms with Gasteiger partial charge in [-0.3, -0.25) is 4.18 Å². The van der Waals surface area contributed by atoms with Gasteiger partial charge >= 0.3 is 0 Å². The lowest BCUT2D eigenvalue weighted by Crippen LogP contribution is -2.02. The summed E-state index contributed by atoms with van der Waals surface area (Å²) >= 11 is 0. The van der Waals surface area contributed by atoms with Crippen molar-refractivity contribution in [2.24, 2.45) is 0 Å². The maximum Gasteiger partial charge on any atom is 0.264 e. The molecule has 0 bridgehead atoms. The zero-order valence-electron chi connectivity index (χ0n) is 9.05. The second kappa shape index (κ2) is 5.67. The predicted molar refractivity (Wildman–Crippen MR) is 61.8 cm³/mol. The van der Waals surface area contributed by atoms with Crippen LogP contribution in [0.2, 0.25) is 0 Å². The highest BCUT2D eigenvalue weighted by Crippen LogP contribution is 2.13. The minimum atomic E-state index is -3.39. The standard InChI is InChI=1S/C11H14O4S/c1-3-8-14-11-6-4-10(5-7-11)9-15-16(2,12)13/h3-7H,1,8-9H2,2H3. The summed E-state index contributed by atoms with van der Waals surface area (Å²) in [4.78, 5) is 0. The molecule has 0 aliphatic carbocycles. The summed E-state index contributed by atoms with van der Waals surface area (Å²) < 4.78 is 31.4. The van der Waals surface area contributed by atoms with Crippen molar-refractivity contribution in [1.82, 2.24) is 0 Å². The lowest BCUT2D eigenvalue weighted by molar-refractivity contribution is 0.311. The van der Waals surface area contributed by atoms with Crippen molar-refractivity contribution in [3.63, 3.8) is 0 Å². The van der Waals surface area contributed by atoms with Crippen molar-refractivity contribution < 1.29 is 17.3 Å². The second-order valence-corrected chi connectivity index (χ2v) is 4.85. The number of ether oxygens (including phenoxy) is 1. The maximum absolute atomic E-state index is 10.8. The SMILES string of the molecule is C=CCOc1ccc(COS(C)(=O)=O)cc1.